The number of hydrazone groups is 2. The molecule has 8 heteroatoms. The van der Waals surface area contributed by atoms with Crippen LogP contribution in [0.2, 0.25) is 0 Å². The third-order valence-corrected chi connectivity index (χ3v) is 5.42. The van der Waals surface area contributed by atoms with Gasteiger partial charge in [-0.05, 0) is 18.6 Å². The average Bonchev–Trinajstić information content (AvgIpc) is 2.99. The molecule has 0 unspecified atom stereocenters. The summed E-state index contributed by atoms with van der Waals surface area (Å²) in [5.41, 5.74) is 4.24. The summed E-state index contributed by atoms with van der Waals surface area (Å²) in [5.74, 6) is -0.336. The Bertz CT molecular complexity index is 988. The van der Waals surface area contributed by atoms with Crippen molar-refractivity contribution in [2.24, 2.45) is 5.10 Å². The van der Waals surface area contributed by atoms with Crippen LogP contribution in [0.5, 0.6) is 0 Å². The molecule has 2 aromatic carbocycles. The third kappa shape index (κ3) is 4.96. The summed E-state index contributed by atoms with van der Waals surface area (Å²) in [6.07, 6.45) is 4.63. The largest absolute Gasteiger partial charge is 0.748 e. The number of hydrazine groups is 1. The molecule has 0 aliphatic carbocycles. The highest BCUT2D eigenvalue weighted by Crippen LogP contribution is 2.30. The molecule has 0 radical (unpaired) electrons. The van der Waals surface area contributed by atoms with Crippen LogP contribution < -0.4 is 10.0 Å². The van der Waals surface area contributed by atoms with Crippen LogP contribution in [0.3, 0.4) is 0 Å². The summed E-state index contributed by atoms with van der Waals surface area (Å²) in [4.78, 5) is 0. The van der Waals surface area contributed by atoms with E-state index in [-0.39, 0.29) is 5.75 Å². The van der Waals surface area contributed by atoms with E-state index in [9.17, 15) is 13.0 Å². The van der Waals surface area contributed by atoms with Gasteiger partial charge in [-0.15, -0.1) is 4.68 Å². The molecule has 0 atom stereocenters. The summed E-state index contributed by atoms with van der Waals surface area (Å²) >= 11 is 0. The lowest BCUT2D eigenvalue weighted by Gasteiger charge is -2.13. The van der Waals surface area contributed by atoms with Crippen LogP contribution in [-0.4, -0.2) is 49.9 Å². The van der Waals surface area contributed by atoms with Gasteiger partial charge in [-0.3, -0.25) is 5.01 Å². The zero-order valence-electron chi connectivity index (χ0n) is 16.0. The molecule has 3 rings (SSSR count). The Morgan fingerprint density at radius 2 is 1.96 bits per heavy atom. The standard InChI is InChI=1S/C20H24N4O3S/c1-22(19-11-4-3-5-12-19)21-15-17-9-8-10-18-16-24(23(2)20(17)18)13-6-7-14-28(25,26)27/h3-5,8-13,15H,6-7,14,16H2,1-2H3. The van der Waals surface area contributed by atoms with Gasteiger partial charge in [-0.1, -0.05) is 36.4 Å². The fourth-order valence-corrected chi connectivity index (χ4v) is 3.71. The molecule has 0 aromatic heterocycles. The van der Waals surface area contributed by atoms with Crippen LogP contribution in [0.4, 0.5) is 11.4 Å². The molecule has 1 heterocycles. The Kier molecular flexibility index (Phi) is 6.11. The summed E-state index contributed by atoms with van der Waals surface area (Å²) in [7, 11) is -0.288. The topological polar surface area (TPSA) is 79.0 Å². The van der Waals surface area contributed by atoms with E-state index in [1.807, 2.05) is 83.7 Å². The molecular weight excluding hydrogens is 376 g/mol. The second-order valence-corrected chi connectivity index (χ2v) is 8.19. The first-order chi connectivity index (χ1) is 13.3. The number of nitrogens with zero attached hydrogens (tertiary/aromatic N) is 4. The fraction of sp³-hybridized carbons (Fsp3) is 0.300. The lowest BCUT2D eigenvalue weighted by atomic mass is 10.1. The Labute approximate surface area is 165 Å². The molecular formula is C20H24N4O3S. The highest BCUT2D eigenvalue weighted by Gasteiger charge is 2.29. The Balaban J connectivity index is 1.74. The average molecular weight is 401 g/mol. The first kappa shape index (κ1) is 20.0. The van der Waals surface area contributed by atoms with E-state index < -0.39 is 10.1 Å². The molecule has 2 aromatic rings. The van der Waals surface area contributed by atoms with E-state index in [0.717, 1.165) is 16.9 Å². The number of hydrogen-bond donors (Lipinski definition) is 0. The lowest BCUT2D eigenvalue weighted by Crippen LogP contribution is -2.26. The van der Waals surface area contributed by atoms with E-state index in [4.69, 9.17) is 0 Å². The van der Waals surface area contributed by atoms with E-state index in [0.29, 0.717) is 19.4 Å². The van der Waals surface area contributed by atoms with Gasteiger partial charge in [-0.25, -0.2) is 8.42 Å². The van der Waals surface area contributed by atoms with Crippen LogP contribution in [0.1, 0.15) is 24.0 Å². The van der Waals surface area contributed by atoms with Crippen molar-refractivity contribution in [3.63, 3.8) is 0 Å². The predicted molar refractivity (Wildman–Crippen MR) is 111 cm³/mol. The van der Waals surface area contributed by atoms with E-state index in [2.05, 4.69) is 11.2 Å². The van der Waals surface area contributed by atoms with Crippen molar-refractivity contribution >= 4 is 33.9 Å². The minimum atomic E-state index is -4.16. The van der Waals surface area contributed by atoms with E-state index >= 15 is 0 Å². The maximum absolute atomic E-state index is 10.7. The second-order valence-electron chi connectivity index (χ2n) is 6.67. The lowest BCUT2D eigenvalue weighted by molar-refractivity contribution is -0.540. The molecule has 148 valence electrons. The molecule has 0 N–H and O–H groups in total. The molecule has 7 nitrogen and oxygen atoms in total. The molecule has 0 bridgehead atoms. The summed E-state index contributed by atoms with van der Waals surface area (Å²) in [6.45, 7) is 0.701. The molecule has 0 amide bonds. The van der Waals surface area contributed by atoms with Gasteiger partial charge in [0.25, 0.3) is 0 Å². The van der Waals surface area contributed by atoms with Crippen LogP contribution in [0.25, 0.3) is 0 Å². The minimum Gasteiger partial charge on any atom is -0.748 e. The molecule has 0 saturated carbocycles. The van der Waals surface area contributed by atoms with Crippen LogP contribution in [0.15, 0.2) is 53.6 Å². The van der Waals surface area contributed by atoms with Crippen molar-refractivity contribution < 1.29 is 17.7 Å². The van der Waals surface area contributed by atoms with E-state index in [1.165, 1.54) is 5.56 Å². The van der Waals surface area contributed by atoms with Crippen molar-refractivity contribution in [2.45, 2.75) is 19.4 Å². The van der Waals surface area contributed by atoms with Crippen molar-refractivity contribution in [2.75, 3.05) is 29.9 Å². The highest BCUT2D eigenvalue weighted by atomic mass is 32.2. The van der Waals surface area contributed by atoms with Gasteiger partial charge >= 0.3 is 0 Å². The van der Waals surface area contributed by atoms with Crippen molar-refractivity contribution in [3.05, 3.63) is 59.7 Å². The Morgan fingerprint density at radius 3 is 2.68 bits per heavy atom. The minimum absolute atomic E-state index is 0.322. The number of unbranched alkanes of at least 4 members (excludes halogenated alkanes) is 1. The molecule has 0 fully saturated rings. The zero-order chi connectivity index (χ0) is 20.1. The van der Waals surface area contributed by atoms with Gasteiger partial charge in [0.1, 0.15) is 5.69 Å². The molecule has 28 heavy (non-hydrogen) atoms. The fourth-order valence-electron chi connectivity index (χ4n) is 3.19. The molecule has 0 spiro atoms. The normalized spacial score (nSPS) is 15.4. The number of hydrogen-bond acceptors (Lipinski definition) is 6. The van der Waals surface area contributed by atoms with Crippen LogP contribution in [0, 0.1) is 0 Å². The van der Waals surface area contributed by atoms with Crippen molar-refractivity contribution in [1.29, 1.82) is 0 Å². The zero-order valence-corrected chi connectivity index (χ0v) is 16.8. The molecule has 1 aliphatic heterocycles. The first-order valence-electron chi connectivity index (χ1n) is 9.07. The second kappa shape index (κ2) is 8.53. The van der Waals surface area contributed by atoms with Crippen molar-refractivity contribution in [1.82, 2.24) is 0 Å². The summed E-state index contributed by atoms with van der Waals surface area (Å²) in [6, 6.07) is 16.0. The number of para-hydroxylation sites is 2. The molecule has 0 saturated heterocycles. The van der Waals surface area contributed by atoms with Gasteiger partial charge in [0.05, 0.1) is 29.1 Å². The van der Waals surface area contributed by atoms with Gasteiger partial charge in [0.2, 0.25) is 0 Å². The number of anilines is 2. The van der Waals surface area contributed by atoms with Gasteiger partial charge in [0.15, 0.2) is 12.8 Å². The Hall–Kier alpha value is -2.71. The van der Waals surface area contributed by atoms with Gasteiger partial charge in [0, 0.05) is 30.3 Å². The number of rotatable bonds is 7. The first-order valence-corrected chi connectivity index (χ1v) is 10.6. The van der Waals surface area contributed by atoms with E-state index in [1.54, 1.807) is 0 Å². The number of benzene rings is 2. The quantitative estimate of drug-likeness (QED) is 0.234. The molecule has 1 aliphatic rings. The monoisotopic (exact) mass is 400 g/mol. The van der Waals surface area contributed by atoms with Crippen LogP contribution in [-0.2, 0) is 16.7 Å². The third-order valence-electron chi connectivity index (χ3n) is 4.63. The SMILES string of the molecule is CN(N=Cc1cccc2c1N(C)[N+](=CCCCS(=O)(=O)[O-])C2)c1ccccc1. The summed E-state index contributed by atoms with van der Waals surface area (Å²) < 4.78 is 34.2. The van der Waals surface area contributed by atoms with Gasteiger partial charge < -0.3 is 4.55 Å². The smallest absolute Gasteiger partial charge is 0.199 e. The highest BCUT2D eigenvalue weighted by molar-refractivity contribution is 7.85. The maximum atomic E-state index is 10.7. The van der Waals surface area contributed by atoms with Gasteiger partial charge in [-0.2, -0.15) is 10.1 Å². The maximum Gasteiger partial charge on any atom is 0.199 e. The van der Waals surface area contributed by atoms with Crippen molar-refractivity contribution in [3.8, 4) is 0 Å². The summed E-state index contributed by atoms with van der Waals surface area (Å²) in [5, 5.41) is 8.41. The Morgan fingerprint density at radius 1 is 1.21 bits per heavy atom. The van der Waals surface area contributed by atoms with Crippen LogP contribution >= 0.6 is 0 Å². The number of fused-ring (bicyclic) bond motifs is 1. The predicted octanol–water partition coefficient (Wildman–Crippen LogP) is 2.43.